The van der Waals surface area contributed by atoms with Crippen molar-refractivity contribution < 1.29 is 27.5 Å². The van der Waals surface area contributed by atoms with E-state index in [-0.39, 0.29) is 17.2 Å². The van der Waals surface area contributed by atoms with E-state index in [4.69, 9.17) is 4.74 Å². The second-order valence-corrected chi connectivity index (χ2v) is 6.53. The van der Waals surface area contributed by atoms with Crippen LogP contribution in [-0.4, -0.2) is 18.4 Å². The molecule has 31 heavy (non-hydrogen) atoms. The summed E-state index contributed by atoms with van der Waals surface area (Å²) in [5, 5.41) is 5.12. The predicted molar refractivity (Wildman–Crippen MR) is 111 cm³/mol. The fraction of sp³-hybridized carbons (Fsp3) is 0.130. The molecule has 0 radical (unpaired) electrons. The van der Waals surface area contributed by atoms with Crippen molar-refractivity contribution in [2.24, 2.45) is 0 Å². The molecule has 0 aliphatic rings. The van der Waals surface area contributed by atoms with Crippen molar-refractivity contribution in [1.29, 1.82) is 0 Å². The molecule has 0 aliphatic heterocycles. The smallest absolute Gasteiger partial charge is 0.416 e. The van der Waals surface area contributed by atoms with E-state index in [1.54, 1.807) is 36.4 Å². The van der Waals surface area contributed by atoms with Gasteiger partial charge in [0.15, 0.2) is 0 Å². The largest absolute Gasteiger partial charge is 0.494 e. The first-order valence-electron chi connectivity index (χ1n) is 9.39. The third-order valence-corrected chi connectivity index (χ3v) is 4.26. The van der Waals surface area contributed by atoms with E-state index in [1.165, 1.54) is 24.3 Å². The molecule has 3 aromatic carbocycles. The number of hydrogen-bond donors (Lipinski definition) is 2. The van der Waals surface area contributed by atoms with Gasteiger partial charge in [0.2, 0.25) is 0 Å². The summed E-state index contributed by atoms with van der Waals surface area (Å²) in [6.07, 6.45) is -4.51. The van der Waals surface area contributed by atoms with Crippen LogP contribution in [0.15, 0.2) is 72.8 Å². The van der Waals surface area contributed by atoms with Gasteiger partial charge in [-0.3, -0.25) is 9.59 Å². The average Bonchev–Trinajstić information content (AvgIpc) is 2.74. The topological polar surface area (TPSA) is 67.4 Å². The van der Waals surface area contributed by atoms with Crippen LogP contribution in [-0.2, 0) is 6.18 Å². The third-order valence-electron chi connectivity index (χ3n) is 4.26. The molecule has 8 heteroatoms. The second-order valence-electron chi connectivity index (χ2n) is 6.53. The number of carbonyl (C=O) groups is 2. The zero-order valence-electron chi connectivity index (χ0n) is 16.5. The van der Waals surface area contributed by atoms with Gasteiger partial charge in [0, 0.05) is 22.5 Å². The summed E-state index contributed by atoms with van der Waals surface area (Å²) in [5.74, 6) is -0.331. The Morgan fingerprint density at radius 3 is 2.00 bits per heavy atom. The maximum Gasteiger partial charge on any atom is 0.416 e. The fourth-order valence-corrected chi connectivity index (χ4v) is 2.79. The number of amides is 2. The first-order valence-corrected chi connectivity index (χ1v) is 9.39. The molecule has 2 amide bonds. The van der Waals surface area contributed by atoms with Crippen molar-refractivity contribution in [2.45, 2.75) is 13.1 Å². The third kappa shape index (κ3) is 5.85. The Bertz CT molecular complexity index is 1080. The SMILES string of the molecule is CCOc1ccc(C(=O)Nc2cccc(C(=O)Nc3cccc(C(F)(F)F)c3)c2)cc1. The quantitative estimate of drug-likeness (QED) is 0.536. The molecule has 0 atom stereocenters. The van der Waals surface area contributed by atoms with Crippen LogP contribution in [0.2, 0.25) is 0 Å². The van der Waals surface area contributed by atoms with Crippen LogP contribution in [0, 0.1) is 0 Å². The Balaban J connectivity index is 1.69. The van der Waals surface area contributed by atoms with Gasteiger partial charge in [-0.05, 0) is 67.6 Å². The molecule has 5 nitrogen and oxygen atoms in total. The van der Waals surface area contributed by atoms with Crippen molar-refractivity contribution in [3.63, 3.8) is 0 Å². The summed E-state index contributed by atoms with van der Waals surface area (Å²) in [7, 11) is 0. The number of carbonyl (C=O) groups excluding carboxylic acids is 2. The van der Waals surface area contributed by atoms with Crippen molar-refractivity contribution in [3.8, 4) is 5.75 Å². The van der Waals surface area contributed by atoms with Gasteiger partial charge in [0.25, 0.3) is 11.8 Å². The summed E-state index contributed by atoms with van der Waals surface area (Å²) < 4.78 is 43.9. The molecule has 0 aliphatic carbocycles. The minimum absolute atomic E-state index is 0.0173. The highest BCUT2D eigenvalue weighted by atomic mass is 19.4. The minimum Gasteiger partial charge on any atom is -0.494 e. The zero-order valence-corrected chi connectivity index (χ0v) is 16.5. The van der Waals surface area contributed by atoms with Crippen LogP contribution in [0.3, 0.4) is 0 Å². The van der Waals surface area contributed by atoms with Crippen LogP contribution in [0.4, 0.5) is 24.5 Å². The number of rotatable bonds is 6. The van der Waals surface area contributed by atoms with E-state index in [2.05, 4.69) is 10.6 Å². The average molecular weight is 428 g/mol. The number of nitrogens with one attached hydrogen (secondary N) is 2. The highest BCUT2D eigenvalue weighted by molar-refractivity contribution is 6.07. The Labute approximate surface area is 176 Å². The molecular formula is C23H19F3N2O3. The molecule has 0 spiro atoms. The minimum atomic E-state index is -4.51. The van der Waals surface area contributed by atoms with Gasteiger partial charge in [-0.15, -0.1) is 0 Å². The number of benzene rings is 3. The number of anilines is 2. The van der Waals surface area contributed by atoms with Crippen LogP contribution < -0.4 is 15.4 Å². The Morgan fingerprint density at radius 1 is 0.806 bits per heavy atom. The number of halogens is 3. The highest BCUT2D eigenvalue weighted by Crippen LogP contribution is 2.30. The number of ether oxygens (including phenoxy) is 1. The monoisotopic (exact) mass is 428 g/mol. The highest BCUT2D eigenvalue weighted by Gasteiger charge is 2.30. The van der Waals surface area contributed by atoms with Gasteiger partial charge < -0.3 is 15.4 Å². The molecule has 0 heterocycles. The van der Waals surface area contributed by atoms with Gasteiger partial charge in [-0.2, -0.15) is 13.2 Å². The van der Waals surface area contributed by atoms with Crippen molar-refractivity contribution in [2.75, 3.05) is 17.2 Å². The Kier molecular flexibility index (Phi) is 6.59. The molecule has 0 saturated carbocycles. The van der Waals surface area contributed by atoms with Gasteiger partial charge >= 0.3 is 6.18 Å². The summed E-state index contributed by atoms with van der Waals surface area (Å²) in [5.41, 5.74) is 0.116. The van der Waals surface area contributed by atoms with Crippen LogP contribution in [0.25, 0.3) is 0 Å². The summed E-state index contributed by atoms with van der Waals surface area (Å²) in [6, 6.07) is 17.1. The van der Waals surface area contributed by atoms with E-state index in [0.717, 1.165) is 12.1 Å². The number of hydrogen-bond acceptors (Lipinski definition) is 3. The Hall–Kier alpha value is -3.81. The summed E-state index contributed by atoms with van der Waals surface area (Å²) in [6.45, 7) is 2.37. The Morgan fingerprint density at radius 2 is 1.39 bits per heavy atom. The van der Waals surface area contributed by atoms with Crippen molar-refractivity contribution in [3.05, 3.63) is 89.5 Å². The van der Waals surface area contributed by atoms with Gasteiger partial charge in [-0.25, -0.2) is 0 Å². The molecule has 0 aromatic heterocycles. The molecule has 0 unspecified atom stereocenters. The number of alkyl halides is 3. The zero-order chi connectivity index (χ0) is 22.4. The first kappa shape index (κ1) is 21.9. The van der Waals surface area contributed by atoms with Gasteiger partial charge in [0.1, 0.15) is 5.75 Å². The maximum atomic E-state index is 12.8. The molecule has 3 rings (SSSR count). The van der Waals surface area contributed by atoms with Gasteiger partial charge in [-0.1, -0.05) is 12.1 Å². The lowest BCUT2D eigenvalue weighted by Gasteiger charge is -2.11. The standard InChI is InChI=1S/C23H19F3N2O3/c1-2-31-20-11-9-15(10-12-20)21(29)27-18-7-3-5-16(13-18)22(30)28-19-8-4-6-17(14-19)23(24,25)26/h3-14H,2H2,1H3,(H,27,29)(H,28,30). The molecular weight excluding hydrogens is 409 g/mol. The second kappa shape index (κ2) is 9.34. The van der Waals surface area contributed by atoms with Crippen LogP contribution >= 0.6 is 0 Å². The van der Waals surface area contributed by atoms with Crippen LogP contribution in [0.1, 0.15) is 33.2 Å². The lowest BCUT2D eigenvalue weighted by atomic mass is 10.1. The lowest BCUT2D eigenvalue weighted by Crippen LogP contribution is -2.15. The molecule has 0 bridgehead atoms. The first-order chi connectivity index (χ1) is 14.8. The van der Waals surface area contributed by atoms with Gasteiger partial charge in [0.05, 0.1) is 12.2 Å². The molecule has 0 saturated heterocycles. The normalized spacial score (nSPS) is 11.0. The molecule has 3 aromatic rings. The van der Waals surface area contributed by atoms with E-state index in [1.807, 2.05) is 6.92 Å². The van der Waals surface area contributed by atoms with E-state index >= 15 is 0 Å². The van der Waals surface area contributed by atoms with Crippen molar-refractivity contribution in [1.82, 2.24) is 0 Å². The van der Waals surface area contributed by atoms with Crippen LogP contribution in [0.5, 0.6) is 5.75 Å². The van der Waals surface area contributed by atoms with Crippen molar-refractivity contribution >= 4 is 23.2 Å². The molecule has 2 N–H and O–H groups in total. The molecule has 160 valence electrons. The summed E-state index contributed by atoms with van der Waals surface area (Å²) in [4.78, 5) is 24.9. The summed E-state index contributed by atoms with van der Waals surface area (Å²) >= 11 is 0. The van der Waals surface area contributed by atoms with E-state index in [9.17, 15) is 22.8 Å². The predicted octanol–water partition coefficient (Wildman–Crippen LogP) is 5.61. The fourth-order valence-electron chi connectivity index (χ4n) is 2.79. The lowest BCUT2D eigenvalue weighted by molar-refractivity contribution is -0.137. The van der Waals surface area contributed by atoms with E-state index < -0.39 is 17.6 Å². The van der Waals surface area contributed by atoms with E-state index in [0.29, 0.717) is 23.6 Å². The molecule has 0 fully saturated rings. The maximum absolute atomic E-state index is 12.8.